The molecule has 3 rings (SSSR count). The summed E-state index contributed by atoms with van der Waals surface area (Å²) in [4.78, 5) is 23.7. The molecule has 0 bridgehead atoms. The lowest BCUT2D eigenvalue weighted by Crippen LogP contribution is -2.55. The number of carbonyl (C=O) groups excluding carboxylic acids is 1. The van der Waals surface area contributed by atoms with Gasteiger partial charge in [0.1, 0.15) is 5.78 Å². The molecule has 0 amide bonds. The number of benzene rings is 2. The van der Waals surface area contributed by atoms with E-state index in [0.717, 1.165) is 11.1 Å². The van der Waals surface area contributed by atoms with Gasteiger partial charge in [-0.2, -0.15) is 0 Å². The number of carbonyl (C=O) groups is 2. The number of carboxylic acid groups (broad SMARTS) is 1. The average Bonchev–Trinajstić information content (AvgIpc) is 2.49. The topological polar surface area (TPSA) is 54.4 Å². The zero-order valence-electron chi connectivity index (χ0n) is 11.5. The molecule has 3 heteroatoms. The Morgan fingerprint density at radius 1 is 1.00 bits per heavy atom. The van der Waals surface area contributed by atoms with Crippen LogP contribution in [-0.4, -0.2) is 16.9 Å². The van der Waals surface area contributed by atoms with Gasteiger partial charge in [0.05, 0.1) is 11.8 Å². The zero-order valence-corrected chi connectivity index (χ0v) is 11.5. The van der Waals surface area contributed by atoms with Gasteiger partial charge < -0.3 is 5.11 Å². The fourth-order valence-electron chi connectivity index (χ4n) is 3.43. The van der Waals surface area contributed by atoms with Crippen molar-refractivity contribution in [3.63, 3.8) is 0 Å². The molecule has 0 radical (unpaired) electrons. The molecule has 0 aromatic heterocycles. The lowest BCUT2D eigenvalue weighted by Gasteiger charge is -2.48. The Bertz CT molecular complexity index is 622. The van der Waals surface area contributed by atoms with E-state index >= 15 is 0 Å². The Balaban J connectivity index is 2.16. The molecule has 1 saturated carbocycles. The molecule has 0 aliphatic heterocycles. The summed E-state index contributed by atoms with van der Waals surface area (Å²) in [6.07, 6.45) is 0.339. The highest BCUT2D eigenvalue weighted by atomic mass is 16.4. The van der Waals surface area contributed by atoms with E-state index in [4.69, 9.17) is 5.11 Å². The van der Waals surface area contributed by atoms with Crippen LogP contribution in [-0.2, 0) is 15.0 Å². The number of hydrogen-bond acceptors (Lipinski definition) is 2. The van der Waals surface area contributed by atoms with Gasteiger partial charge in [-0.1, -0.05) is 60.7 Å². The fraction of sp³-hybridized carbons (Fsp3) is 0.222. The summed E-state index contributed by atoms with van der Waals surface area (Å²) in [6.45, 7) is 0. The molecule has 0 heterocycles. The standard InChI is InChI=1S/C18H16O3/c19-16-11-15(12-17(20)21)18(16,13-7-3-1-4-8-13)14-9-5-2-6-10-14/h1-10,15H,11-12H2,(H,20,21). The molecule has 1 atom stereocenters. The Labute approximate surface area is 123 Å². The summed E-state index contributed by atoms with van der Waals surface area (Å²) in [6, 6.07) is 19.0. The third-order valence-electron chi connectivity index (χ3n) is 4.36. The van der Waals surface area contributed by atoms with E-state index < -0.39 is 11.4 Å². The summed E-state index contributed by atoms with van der Waals surface area (Å²) in [5.74, 6) is -0.942. The number of carboxylic acids is 1. The molecular weight excluding hydrogens is 264 g/mol. The number of rotatable bonds is 4. The highest BCUT2D eigenvalue weighted by Crippen LogP contribution is 2.52. The van der Waals surface area contributed by atoms with Crippen LogP contribution in [0.2, 0.25) is 0 Å². The smallest absolute Gasteiger partial charge is 0.303 e. The van der Waals surface area contributed by atoms with Crippen molar-refractivity contribution in [3.8, 4) is 0 Å². The maximum Gasteiger partial charge on any atom is 0.303 e. The maximum absolute atomic E-state index is 12.6. The van der Waals surface area contributed by atoms with Crippen molar-refractivity contribution >= 4 is 11.8 Å². The second-order valence-corrected chi connectivity index (χ2v) is 5.46. The van der Waals surface area contributed by atoms with E-state index in [1.165, 1.54) is 0 Å². The summed E-state index contributed by atoms with van der Waals surface area (Å²) < 4.78 is 0. The van der Waals surface area contributed by atoms with Crippen LogP contribution < -0.4 is 0 Å². The summed E-state index contributed by atoms with van der Waals surface area (Å²) >= 11 is 0. The van der Waals surface area contributed by atoms with Gasteiger partial charge in [-0.25, -0.2) is 0 Å². The van der Waals surface area contributed by atoms with E-state index in [-0.39, 0.29) is 18.1 Å². The number of aliphatic carboxylic acids is 1. The van der Waals surface area contributed by atoms with Crippen molar-refractivity contribution < 1.29 is 14.7 Å². The minimum Gasteiger partial charge on any atom is -0.481 e. The van der Waals surface area contributed by atoms with Gasteiger partial charge >= 0.3 is 5.97 Å². The molecule has 1 N–H and O–H groups in total. The predicted octanol–water partition coefficient (Wildman–Crippen LogP) is 3.04. The Morgan fingerprint density at radius 2 is 1.48 bits per heavy atom. The Hall–Kier alpha value is -2.42. The highest BCUT2D eigenvalue weighted by Gasteiger charge is 2.57. The van der Waals surface area contributed by atoms with Crippen LogP contribution in [0.1, 0.15) is 24.0 Å². The third-order valence-corrected chi connectivity index (χ3v) is 4.36. The first-order valence-electron chi connectivity index (χ1n) is 7.02. The largest absolute Gasteiger partial charge is 0.481 e. The van der Waals surface area contributed by atoms with Crippen LogP contribution in [0.25, 0.3) is 0 Å². The Kier molecular flexibility index (Phi) is 3.34. The van der Waals surface area contributed by atoms with E-state index in [0.29, 0.717) is 6.42 Å². The fourth-order valence-corrected chi connectivity index (χ4v) is 3.43. The quantitative estimate of drug-likeness (QED) is 0.936. The molecule has 1 unspecified atom stereocenters. The van der Waals surface area contributed by atoms with Crippen molar-refractivity contribution in [1.29, 1.82) is 0 Å². The number of hydrogen-bond donors (Lipinski definition) is 1. The van der Waals surface area contributed by atoms with Gasteiger partial charge in [-0.3, -0.25) is 9.59 Å². The van der Waals surface area contributed by atoms with Gasteiger partial charge in [0.2, 0.25) is 0 Å². The van der Waals surface area contributed by atoms with Crippen LogP contribution in [0.5, 0.6) is 0 Å². The zero-order chi connectivity index (χ0) is 14.9. The highest BCUT2D eigenvalue weighted by molar-refractivity contribution is 6.01. The molecular formula is C18H16O3. The SMILES string of the molecule is O=C(O)CC1CC(=O)C1(c1ccccc1)c1ccccc1. The van der Waals surface area contributed by atoms with Crippen molar-refractivity contribution in [2.75, 3.05) is 0 Å². The van der Waals surface area contributed by atoms with Crippen molar-refractivity contribution in [2.45, 2.75) is 18.3 Å². The minimum atomic E-state index is -0.858. The molecule has 1 fully saturated rings. The van der Waals surface area contributed by atoms with Crippen LogP contribution in [0.4, 0.5) is 0 Å². The molecule has 2 aromatic rings. The lowest BCUT2D eigenvalue weighted by molar-refractivity contribution is -0.143. The van der Waals surface area contributed by atoms with E-state index in [2.05, 4.69) is 0 Å². The summed E-state index contributed by atoms with van der Waals surface area (Å²) in [5.41, 5.74) is 0.971. The molecule has 0 saturated heterocycles. The van der Waals surface area contributed by atoms with Crippen LogP contribution in [0.15, 0.2) is 60.7 Å². The summed E-state index contributed by atoms with van der Waals surface area (Å²) in [5, 5.41) is 9.15. The third kappa shape index (κ3) is 2.05. The second kappa shape index (κ2) is 5.17. The molecule has 2 aromatic carbocycles. The van der Waals surface area contributed by atoms with Crippen molar-refractivity contribution in [1.82, 2.24) is 0 Å². The first-order chi connectivity index (χ1) is 10.2. The first kappa shape index (κ1) is 13.6. The van der Waals surface area contributed by atoms with E-state index in [1.54, 1.807) is 0 Å². The van der Waals surface area contributed by atoms with E-state index in [1.807, 2.05) is 60.7 Å². The van der Waals surface area contributed by atoms with Crippen LogP contribution >= 0.6 is 0 Å². The van der Waals surface area contributed by atoms with Crippen molar-refractivity contribution in [3.05, 3.63) is 71.8 Å². The number of ketones is 1. The molecule has 21 heavy (non-hydrogen) atoms. The first-order valence-corrected chi connectivity index (χ1v) is 7.02. The van der Waals surface area contributed by atoms with Gasteiger partial charge in [0, 0.05) is 6.42 Å². The minimum absolute atomic E-state index is 0.00945. The molecule has 3 nitrogen and oxygen atoms in total. The second-order valence-electron chi connectivity index (χ2n) is 5.46. The van der Waals surface area contributed by atoms with Crippen LogP contribution in [0, 0.1) is 5.92 Å². The lowest BCUT2D eigenvalue weighted by atomic mass is 9.52. The molecule has 1 aliphatic rings. The number of Topliss-reactive ketones (excluding diaryl/α,β-unsaturated/α-hetero) is 1. The maximum atomic E-state index is 12.6. The van der Waals surface area contributed by atoms with E-state index in [9.17, 15) is 9.59 Å². The molecule has 1 aliphatic carbocycles. The van der Waals surface area contributed by atoms with Gasteiger partial charge in [-0.15, -0.1) is 0 Å². The summed E-state index contributed by atoms with van der Waals surface area (Å²) in [7, 11) is 0. The van der Waals surface area contributed by atoms with Crippen molar-refractivity contribution in [2.24, 2.45) is 5.92 Å². The Morgan fingerprint density at radius 3 is 1.86 bits per heavy atom. The molecule has 106 valence electrons. The predicted molar refractivity (Wildman–Crippen MR) is 79.0 cm³/mol. The van der Waals surface area contributed by atoms with Gasteiger partial charge in [-0.05, 0) is 17.0 Å². The average molecular weight is 280 g/mol. The van der Waals surface area contributed by atoms with Crippen LogP contribution in [0.3, 0.4) is 0 Å². The van der Waals surface area contributed by atoms with Gasteiger partial charge in [0.15, 0.2) is 0 Å². The monoisotopic (exact) mass is 280 g/mol. The normalized spacial score (nSPS) is 19.8. The molecule has 0 spiro atoms. The van der Waals surface area contributed by atoms with Gasteiger partial charge in [0.25, 0.3) is 0 Å².